The van der Waals surface area contributed by atoms with Crippen molar-refractivity contribution >= 4 is 10.9 Å². The van der Waals surface area contributed by atoms with Gasteiger partial charge in [-0.2, -0.15) is 0 Å². The SMILES string of the molecule is COc1cc2ccn(C)c2cc1C1CNCCO1. The van der Waals surface area contributed by atoms with Gasteiger partial charge in [-0.05, 0) is 18.2 Å². The van der Waals surface area contributed by atoms with Crippen LogP contribution in [0.5, 0.6) is 5.75 Å². The summed E-state index contributed by atoms with van der Waals surface area (Å²) in [5, 5.41) is 4.55. The summed E-state index contributed by atoms with van der Waals surface area (Å²) in [4.78, 5) is 0. The Kier molecular flexibility index (Phi) is 2.97. The van der Waals surface area contributed by atoms with Gasteiger partial charge >= 0.3 is 0 Å². The lowest BCUT2D eigenvalue weighted by molar-refractivity contribution is 0.0263. The van der Waals surface area contributed by atoms with E-state index in [2.05, 4.69) is 41.3 Å². The summed E-state index contributed by atoms with van der Waals surface area (Å²) in [5.41, 5.74) is 2.33. The molecule has 4 heteroatoms. The Morgan fingerprint density at radius 2 is 2.33 bits per heavy atom. The normalized spacial score (nSPS) is 20.2. The highest BCUT2D eigenvalue weighted by molar-refractivity contribution is 5.83. The van der Waals surface area contributed by atoms with E-state index in [0.717, 1.165) is 31.0 Å². The van der Waals surface area contributed by atoms with Gasteiger partial charge in [-0.25, -0.2) is 0 Å². The van der Waals surface area contributed by atoms with E-state index in [0.29, 0.717) is 0 Å². The monoisotopic (exact) mass is 246 g/mol. The second kappa shape index (κ2) is 4.63. The Morgan fingerprint density at radius 3 is 3.06 bits per heavy atom. The highest BCUT2D eigenvalue weighted by atomic mass is 16.5. The fourth-order valence-corrected chi connectivity index (χ4v) is 2.51. The third-order valence-corrected chi connectivity index (χ3v) is 3.51. The molecule has 96 valence electrons. The maximum absolute atomic E-state index is 5.82. The van der Waals surface area contributed by atoms with Crippen LogP contribution in [-0.2, 0) is 11.8 Å². The first-order valence-electron chi connectivity index (χ1n) is 6.25. The maximum atomic E-state index is 5.82. The van der Waals surface area contributed by atoms with Crippen LogP contribution in [0.4, 0.5) is 0 Å². The van der Waals surface area contributed by atoms with E-state index in [1.54, 1.807) is 7.11 Å². The summed E-state index contributed by atoms with van der Waals surface area (Å²) in [6, 6.07) is 6.36. The number of rotatable bonds is 2. The Bertz CT molecular complexity index is 556. The number of aryl methyl sites for hydroxylation is 1. The highest BCUT2D eigenvalue weighted by Gasteiger charge is 2.20. The van der Waals surface area contributed by atoms with Gasteiger partial charge in [0, 0.05) is 42.8 Å². The van der Waals surface area contributed by atoms with Crippen molar-refractivity contribution in [3.63, 3.8) is 0 Å². The molecule has 0 radical (unpaired) electrons. The number of aromatic nitrogens is 1. The summed E-state index contributed by atoms with van der Waals surface area (Å²) >= 11 is 0. The van der Waals surface area contributed by atoms with Gasteiger partial charge < -0.3 is 19.4 Å². The van der Waals surface area contributed by atoms with Crippen LogP contribution in [0.15, 0.2) is 24.4 Å². The predicted molar refractivity (Wildman–Crippen MR) is 71.0 cm³/mol. The number of hydrogen-bond donors (Lipinski definition) is 1. The van der Waals surface area contributed by atoms with Gasteiger partial charge in [-0.3, -0.25) is 0 Å². The van der Waals surface area contributed by atoms with E-state index in [-0.39, 0.29) is 6.10 Å². The van der Waals surface area contributed by atoms with Crippen molar-refractivity contribution in [3.05, 3.63) is 30.0 Å². The van der Waals surface area contributed by atoms with Crippen LogP contribution in [0.2, 0.25) is 0 Å². The minimum absolute atomic E-state index is 0.0769. The van der Waals surface area contributed by atoms with Gasteiger partial charge in [0.15, 0.2) is 0 Å². The molecule has 1 unspecified atom stereocenters. The molecule has 0 aliphatic carbocycles. The first-order chi connectivity index (χ1) is 8.79. The zero-order valence-electron chi connectivity index (χ0n) is 10.8. The third kappa shape index (κ3) is 1.87. The lowest BCUT2D eigenvalue weighted by Crippen LogP contribution is -2.33. The second-order valence-corrected chi connectivity index (χ2v) is 4.64. The molecule has 2 aromatic rings. The summed E-state index contributed by atoms with van der Waals surface area (Å²) in [7, 11) is 3.77. The molecule has 2 heterocycles. The molecule has 1 aliphatic rings. The van der Waals surface area contributed by atoms with Gasteiger partial charge in [-0.15, -0.1) is 0 Å². The smallest absolute Gasteiger partial charge is 0.125 e. The standard InChI is InChI=1S/C14H18N2O2/c1-16-5-3-10-7-13(17-2)11(8-12(10)16)14-9-15-4-6-18-14/h3,5,7-8,14-15H,4,6,9H2,1-2H3. The predicted octanol–water partition coefficient (Wildman–Crippen LogP) is 1.85. The van der Waals surface area contributed by atoms with Crippen LogP contribution < -0.4 is 10.1 Å². The summed E-state index contributed by atoms with van der Waals surface area (Å²) in [6.07, 6.45) is 2.14. The summed E-state index contributed by atoms with van der Waals surface area (Å²) in [5.74, 6) is 0.905. The molecule has 1 atom stereocenters. The van der Waals surface area contributed by atoms with Crippen LogP contribution in [0.3, 0.4) is 0 Å². The Hall–Kier alpha value is -1.52. The van der Waals surface area contributed by atoms with Crippen LogP contribution in [0.25, 0.3) is 10.9 Å². The van der Waals surface area contributed by atoms with E-state index in [1.165, 1.54) is 10.9 Å². The number of morpholine rings is 1. The van der Waals surface area contributed by atoms with Crippen LogP contribution in [0, 0.1) is 0 Å². The van der Waals surface area contributed by atoms with Crippen molar-refractivity contribution in [3.8, 4) is 5.75 Å². The minimum atomic E-state index is 0.0769. The van der Waals surface area contributed by atoms with E-state index in [4.69, 9.17) is 9.47 Å². The van der Waals surface area contributed by atoms with Crippen molar-refractivity contribution in [1.82, 2.24) is 9.88 Å². The maximum Gasteiger partial charge on any atom is 0.125 e. The van der Waals surface area contributed by atoms with Crippen molar-refractivity contribution in [1.29, 1.82) is 0 Å². The first-order valence-corrected chi connectivity index (χ1v) is 6.25. The lowest BCUT2D eigenvalue weighted by atomic mass is 10.0. The van der Waals surface area contributed by atoms with Gasteiger partial charge in [0.1, 0.15) is 5.75 Å². The highest BCUT2D eigenvalue weighted by Crippen LogP contribution is 2.32. The van der Waals surface area contributed by atoms with Gasteiger partial charge in [0.05, 0.1) is 19.8 Å². The number of ether oxygens (including phenoxy) is 2. The second-order valence-electron chi connectivity index (χ2n) is 4.64. The van der Waals surface area contributed by atoms with E-state index in [9.17, 15) is 0 Å². The molecule has 1 aliphatic heterocycles. The van der Waals surface area contributed by atoms with Crippen molar-refractivity contribution < 1.29 is 9.47 Å². The number of hydrogen-bond acceptors (Lipinski definition) is 3. The first kappa shape index (κ1) is 11.6. The quantitative estimate of drug-likeness (QED) is 0.878. The molecular formula is C14H18N2O2. The molecule has 1 aromatic carbocycles. The molecule has 0 saturated carbocycles. The van der Waals surface area contributed by atoms with Gasteiger partial charge in [0.25, 0.3) is 0 Å². The fourth-order valence-electron chi connectivity index (χ4n) is 2.51. The summed E-state index contributed by atoms with van der Waals surface area (Å²) in [6.45, 7) is 2.51. The molecular weight excluding hydrogens is 228 g/mol. The third-order valence-electron chi connectivity index (χ3n) is 3.51. The zero-order chi connectivity index (χ0) is 12.5. The number of nitrogens with one attached hydrogen (secondary N) is 1. The Balaban J connectivity index is 2.09. The van der Waals surface area contributed by atoms with E-state index < -0.39 is 0 Å². The van der Waals surface area contributed by atoms with Crippen molar-refractivity contribution in [2.75, 3.05) is 26.8 Å². The Labute approximate surface area is 106 Å². The number of benzene rings is 1. The van der Waals surface area contributed by atoms with Crippen LogP contribution in [0.1, 0.15) is 11.7 Å². The largest absolute Gasteiger partial charge is 0.496 e. The van der Waals surface area contributed by atoms with Crippen LogP contribution >= 0.6 is 0 Å². The molecule has 1 aromatic heterocycles. The zero-order valence-corrected chi connectivity index (χ0v) is 10.8. The number of methoxy groups -OCH3 is 1. The lowest BCUT2D eigenvalue weighted by Gasteiger charge is -2.25. The van der Waals surface area contributed by atoms with Crippen LogP contribution in [-0.4, -0.2) is 31.4 Å². The van der Waals surface area contributed by atoms with Crippen molar-refractivity contribution in [2.45, 2.75) is 6.10 Å². The average molecular weight is 246 g/mol. The molecule has 3 rings (SSSR count). The number of nitrogens with zero attached hydrogens (tertiary/aromatic N) is 1. The molecule has 18 heavy (non-hydrogen) atoms. The minimum Gasteiger partial charge on any atom is -0.496 e. The summed E-state index contributed by atoms with van der Waals surface area (Å²) < 4.78 is 13.4. The van der Waals surface area contributed by atoms with Crippen molar-refractivity contribution in [2.24, 2.45) is 7.05 Å². The molecule has 4 nitrogen and oxygen atoms in total. The molecule has 1 N–H and O–H groups in total. The molecule has 0 amide bonds. The topological polar surface area (TPSA) is 35.4 Å². The van der Waals surface area contributed by atoms with Gasteiger partial charge in [-0.1, -0.05) is 0 Å². The van der Waals surface area contributed by atoms with E-state index in [1.807, 2.05) is 0 Å². The Morgan fingerprint density at radius 1 is 1.44 bits per heavy atom. The molecule has 1 saturated heterocycles. The average Bonchev–Trinajstić information content (AvgIpc) is 2.79. The van der Waals surface area contributed by atoms with Gasteiger partial charge in [0.2, 0.25) is 0 Å². The molecule has 0 bridgehead atoms. The fraction of sp³-hybridized carbons (Fsp3) is 0.429. The molecule has 0 spiro atoms. The molecule has 1 fully saturated rings. The number of fused-ring (bicyclic) bond motifs is 1. The van der Waals surface area contributed by atoms with E-state index >= 15 is 0 Å².